The lowest BCUT2D eigenvalue weighted by molar-refractivity contribution is -0.136. The summed E-state index contributed by atoms with van der Waals surface area (Å²) in [5.74, 6) is 2.75. The summed E-state index contributed by atoms with van der Waals surface area (Å²) in [5, 5.41) is 0. The Hall–Kier alpha value is -2.69. The Bertz CT molecular complexity index is 1100. The van der Waals surface area contributed by atoms with Crippen LogP contribution in [0.4, 0.5) is 0 Å². The molecule has 0 bridgehead atoms. The molecular formula is C28H38N6O3. The van der Waals surface area contributed by atoms with Crippen LogP contribution in [0, 0.1) is 11.8 Å². The summed E-state index contributed by atoms with van der Waals surface area (Å²) in [5.41, 5.74) is 17.5. The van der Waals surface area contributed by atoms with Gasteiger partial charge in [-0.1, -0.05) is 18.2 Å². The zero-order chi connectivity index (χ0) is 25.4. The van der Waals surface area contributed by atoms with E-state index in [0.29, 0.717) is 5.92 Å². The number of piperazine rings is 1. The first-order valence-electron chi connectivity index (χ1n) is 13.5. The van der Waals surface area contributed by atoms with Crippen LogP contribution < -0.4 is 31.2 Å². The van der Waals surface area contributed by atoms with E-state index in [-0.39, 0.29) is 30.0 Å². The van der Waals surface area contributed by atoms with Crippen LogP contribution in [0.1, 0.15) is 35.2 Å². The minimum absolute atomic E-state index is 0.169. The van der Waals surface area contributed by atoms with Gasteiger partial charge in [-0.3, -0.25) is 15.1 Å². The van der Waals surface area contributed by atoms with E-state index in [1.165, 1.54) is 16.7 Å². The molecule has 9 nitrogen and oxygen atoms in total. The van der Waals surface area contributed by atoms with Gasteiger partial charge < -0.3 is 14.4 Å². The number of fused-ring (bicyclic) bond motifs is 3. The van der Waals surface area contributed by atoms with Gasteiger partial charge in [0.2, 0.25) is 5.91 Å². The highest BCUT2D eigenvalue weighted by Crippen LogP contribution is 2.40. The van der Waals surface area contributed by atoms with Crippen LogP contribution in [0.2, 0.25) is 0 Å². The third kappa shape index (κ3) is 4.82. The third-order valence-corrected chi connectivity index (χ3v) is 8.69. The van der Waals surface area contributed by atoms with E-state index in [1.54, 1.807) is 14.2 Å². The van der Waals surface area contributed by atoms with Crippen molar-refractivity contribution in [2.45, 2.75) is 31.0 Å². The van der Waals surface area contributed by atoms with Crippen molar-refractivity contribution in [1.82, 2.24) is 31.5 Å². The van der Waals surface area contributed by atoms with E-state index in [2.05, 4.69) is 55.8 Å². The number of hydrogen-bond acceptors (Lipinski definition) is 8. The number of rotatable bonds is 6. The number of methoxy groups -OCH3 is 2. The second-order valence-electron chi connectivity index (χ2n) is 10.7. The number of benzene rings is 2. The summed E-state index contributed by atoms with van der Waals surface area (Å²) in [7, 11) is 3.40. The van der Waals surface area contributed by atoms with Crippen molar-refractivity contribution >= 4 is 5.91 Å². The number of carbonyl (C=O) groups is 1. The first kappa shape index (κ1) is 24.6. The van der Waals surface area contributed by atoms with Crippen molar-refractivity contribution in [3.63, 3.8) is 0 Å². The molecule has 3 fully saturated rings. The van der Waals surface area contributed by atoms with Crippen molar-refractivity contribution in [1.29, 1.82) is 0 Å². The van der Waals surface area contributed by atoms with Gasteiger partial charge in [0.15, 0.2) is 0 Å². The van der Waals surface area contributed by atoms with E-state index >= 15 is 0 Å². The van der Waals surface area contributed by atoms with E-state index in [4.69, 9.17) is 9.47 Å². The molecule has 37 heavy (non-hydrogen) atoms. The van der Waals surface area contributed by atoms with Crippen LogP contribution in [0.3, 0.4) is 0 Å². The van der Waals surface area contributed by atoms with Gasteiger partial charge in [-0.05, 0) is 53.8 Å². The molecule has 0 saturated carbocycles. The Balaban J connectivity index is 1.03. The highest BCUT2D eigenvalue weighted by Gasteiger charge is 2.45. The molecule has 6 rings (SSSR count). The highest BCUT2D eigenvalue weighted by molar-refractivity contribution is 5.83. The summed E-state index contributed by atoms with van der Waals surface area (Å²) in [6.45, 7) is 5.33. The third-order valence-electron chi connectivity index (χ3n) is 8.69. The van der Waals surface area contributed by atoms with Gasteiger partial charge in [0.1, 0.15) is 17.5 Å². The molecule has 198 valence electrons. The Labute approximate surface area is 218 Å². The molecule has 5 atom stereocenters. The maximum atomic E-state index is 13.6. The number of nitrogens with zero attached hydrogens (tertiary/aromatic N) is 2. The van der Waals surface area contributed by atoms with Gasteiger partial charge in [0, 0.05) is 51.1 Å². The van der Waals surface area contributed by atoms with Gasteiger partial charge in [-0.2, -0.15) is 0 Å². The van der Waals surface area contributed by atoms with Gasteiger partial charge >= 0.3 is 0 Å². The quantitative estimate of drug-likeness (QED) is 0.468. The summed E-state index contributed by atoms with van der Waals surface area (Å²) in [6, 6.07) is 14.9. The number of amides is 1. The number of hydrazine groups is 2. The molecular weight excluding hydrogens is 468 g/mol. The molecule has 5 unspecified atom stereocenters. The van der Waals surface area contributed by atoms with Gasteiger partial charge in [0.25, 0.3) is 0 Å². The topological polar surface area (TPSA) is 90.1 Å². The lowest BCUT2D eigenvalue weighted by Crippen LogP contribution is -2.55. The van der Waals surface area contributed by atoms with Crippen LogP contribution in [-0.4, -0.2) is 75.2 Å². The van der Waals surface area contributed by atoms with Crippen molar-refractivity contribution in [2.75, 3.05) is 53.5 Å². The molecule has 0 radical (unpaired) electrons. The van der Waals surface area contributed by atoms with Crippen LogP contribution >= 0.6 is 0 Å². The van der Waals surface area contributed by atoms with Crippen LogP contribution in [0.15, 0.2) is 42.5 Å². The largest absolute Gasteiger partial charge is 0.497 e. The normalized spacial score (nSPS) is 29.6. The summed E-state index contributed by atoms with van der Waals surface area (Å²) in [4.78, 5) is 18.1. The smallest absolute Gasteiger partial charge is 0.241 e. The SMILES string of the molecule is COc1ccc(C2NNCC2CN2CCN(C(=O)C3NNC4c5ccc(OC)cc5CCC34)CC2)cc1. The first-order valence-corrected chi connectivity index (χ1v) is 13.5. The van der Waals surface area contributed by atoms with Gasteiger partial charge in [-0.25, -0.2) is 16.3 Å². The molecule has 4 N–H and O–H groups in total. The molecule has 2 aromatic carbocycles. The lowest BCUT2D eigenvalue weighted by Gasteiger charge is -2.38. The van der Waals surface area contributed by atoms with Crippen molar-refractivity contribution in [3.8, 4) is 11.5 Å². The van der Waals surface area contributed by atoms with E-state index < -0.39 is 0 Å². The average Bonchev–Trinajstić information content (AvgIpc) is 3.60. The highest BCUT2D eigenvalue weighted by atomic mass is 16.5. The van der Waals surface area contributed by atoms with Crippen LogP contribution in [0.5, 0.6) is 11.5 Å². The fraction of sp³-hybridized carbons (Fsp3) is 0.536. The Kier molecular flexibility index (Phi) is 7.05. The van der Waals surface area contributed by atoms with Gasteiger partial charge in [-0.15, -0.1) is 0 Å². The molecule has 4 aliphatic rings. The predicted octanol–water partition coefficient (Wildman–Crippen LogP) is 1.39. The number of nitrogens with one attached hydrogen (secondary N) is 4. The maximum Gasteiger partial charge on any atom is 0.241 e. The fourth-order valence-corrected chi connectivity index (χ4v) is 6.58. The van der Waals surface area contributed by atoms with Crippen molar-refractivity contribution < 1.29 is 14.3 Å². The van der Waals surface area contributed by atoms with E-state index in [0.717, 1.165) is 63.6 Å². The lowest BCUT2D eigenvalue weighted by atomic mass is 9.77. The van der Waals surface area contributed by atoms with Crippen molar-refractivity contribution in [3.05, 3.63) is 59.2 Å². The zero-order valence-electron chi connectivity index (χ0n) is 21.7. The first-order chi connectivity index (χ1) is 18.1. The number of hydrogen-bond donors (Lipinski definition) is 4. The zero-order valence-corrected chi connectivity index (χ0v) is 21.7. The standard InChI is InChI=1S/C28H38N6O3/c1-36-21-6-3-18(4-7-21)25-20(16-29-30-25)17-33-11-13-34(14-12-33)28(35)27-24-9-5-19-15-22(37-2)8-10-23(19)26(24)31-32-27/h3-4,6-8,10,15,20,24-27,29-32H,5,9,11-14,16-17H2,1-2H3. The molecule has 0 spiro atoms. The number of aryl methyl sites for hydroxylation is 1. The molecule has 3 saturated heterocycles. The molecule has 3 aliphatic heterocycles. The van der Waals surface area contributed by atoms with Crippen LogP contribution in [0.25, 0.3) is 0 Å². The fourth-order valence-electron chi connectivity index (χ4n) is 6.58. The molecule has 3 heterocycles. The Morgan fingerprint density at radius 2 is 1.68 bits per heavy atom. The van der Waals surface area contributed by atoms with E-state index in [1.807, 2.05) is 18.2 Å². The minimum Gasteiger partial charge on any atom is -0.497 e. The minimum atomic E-state index is -0.172. The Morgan fingerprint density at radius 3 is 2.43 bits per heavy atom. The molecule has 1 aliphatic carbocycles. The van der Waals surface area contributed by atoms with Gasteiger partial charge in [0.05, 0.1) is 26.3 Å². The molecule has 2 aromatic rings. The summed E-state index contributed by atoms with van der Waals surface area (Å²) >= 11 is 0. The summed E-state index contributed by atoms with van der Waals surface area (Å²) in [6.07, 6.45) is 1.98. The Morgan fingerprint density at radius 1 is 0.919 bits per heavy atom. The maximum absolute atomic E-state index is 13.6. The summed E-state index contributed by atoms with van der Waals surface area (Å²) < 4.78 is 10.7. The van der Waals surface area contributed by atoms with Crippen LogP contribution in [-0.2, 0) is 11.2 Å². The predicted molar refractivity (Wildman–Crippen MR) is 141 cm³/mol. The molecule has 9 heteroatoms. The number of carbonyl (C=O) groups excluding carboxylic acids is 1. The molecule has 0 aromatic heterocycles. The van der Waals surface area contributed by atoms with E-state index in [9.17, 15) is 4.79 Å². The second-order valence-corrected chi connectivity index (χ2v) is 10.7. The van der Waals surface area contributed by atoms with Crippen molar-refractivity contribution in [2.24, 2.45) is 11.8 Å². The monoisotopic (exact) mass is 506 g/mol. The molecule has 1 amide bonds. The second kappa shape index (κ2) is 10.6. The average molecular weight is 507 g/mol. The number of ether oxygens (including phenoxy) is 2.